The number of hydrogen-bond donors (Lipinski definition) is 1. The second kappa shape index (κ2) is 4.97. The van der Waals surface area contributed by atoms with Crippen molar-refractivity contribution in [1.82, 2.24) is 0 Å². The summed E-state index contributed by atoms with van der Waals surface area (Å²) in [7, 11) is 0. The highest BCUT2D eigenvalue weighted by Gasteiger charge is 2.00. The third-order valence-corrected chi connectivity index (χ3v) is 3.47. The van der Waals surface area contributed by atoms with Crippen molar-refractivity contribution in [2.75, 3.05) is 0 Å². The molecule has 0 atom stereocenters. The van der Waals surface area contributed by atoms with Gasteiger partial charge in [0.15, 0.2) is 0 Å². The van der Waals surface area contributed by atoms with E-state index in [1.165, 1.54) is 22.1 Å². The lowest BCUT2D eigenvalue weighted by Gasteiger charge is -1.97. The highest BCUT2D eigenvalue weighted by molar-refractivity contribution is 7.16. The Bertz CT molecular complexity index is 552. The molecular formula is C14H13NOS. The Morgan fingerprint density at radius 3 is 2.53 bits per heavy atom. The van der Waals surface area contributed by atoms with Crippen molar-refractivity contribution >= 4 is 23.3 Å². The summed E-state index contributed by atoms with van der Waals surface area (Å²) in [6.45, 7) is 2.07. The zero-order valence-electron chi connectivity index (χ0n) is 9.51. The molecule has 2 N–H and O–H groups in total. The van der Waals surface area contributed by atoms with Crippen molar-refractivity contribution in [2.45, 2.75) is 6.92 Å². The monoisotopic (exact) mass is 243 g/mol. The number of thiophene rings is 1. The van der Waals surface area contributed by atoms with Gasteiger partial charge in [-0.3, -0.25) is 4.79 Å². The zero-order valence-corrected chi connectivity index (χ0v) is 10.3. The van der Waals surface area contributed by atoms with Gasteiger partial charge in [0.2, 0.25) is 5.91 Å². The van der Waals surface area contributed by atoms with Gasteiger partial charge < -0.3 is 5.73 Å². The second-order valence-corrected chi connectivity index (χ2v) is 4.92. The van der Waals surface area contributed by atoms with E-state index in [9.17, 15) is 4.79 Å². The van der Waals surface area contributed by atoms with Crippen molar-refractivity contribution in [3.8, 4) is 10.4 Å². The maximum atomic E-state index is 10.6. The molecule has 0 saturated heterocycles. The van der Waals surface area contributed by atoms with Crippen LogP contribution in [0.3, 0.4) is 0 Å². The Labute approximate surface area is 104 Å². The number of aryl methyl sites for hydroxylation is 1. The van der Waals surface area contributed by atoms with Crippen LogP contribution in [-0.2, 0) is 4.79 Å². The normalized spacial score (nSPS) is 10.9. The summed E-state index contributed by atoms with van der Waals surface area (Å²) in [6.07, 6.45) is 3.12. The molecule has 0 unspecified atom stereocenters. The largest absolute Gasteiger partial charge is 0.366 e. The van der Waals surface area contributed by atoms with E-state index in [1.807, 2.05) is 6.07 Å². The van der Waals surface area contributed by atoms with E-state index < -0.39 is 5.91 Å². The van der Waals surface area contributed by atoms with Gasteiger partial charge in [-0.1, -0.05) is 29.8 Å². The van der Waals surface area contributed by atoms with E-state index in [4.69, 9.17) is 5.73 Å². The topological polar surface area (TPSA) is 43.1 Å². The van der Waals surface area contributed by atoms with E-state index >= 15 is 0 Å². The number of primary amides is 1. The summed E-state index contributed by atoms with van der Waals surface area (Å²) in [6, 6.07) is 12.4. The van der Waals surface area contributed by atoms with Crippen LogP contribution in [0, 0.1) is 6.92 Å². The highest BCUT2D eigenvalue weighted by Crippen LogP contribution is 2.28. The molecule has 0 radical (unpaired) electrons. The van der Waals surface area contributed by atoms with Gasteiger partial charge in [0, 0.05) is 15.8 Å². The van der Waals surface area contributed by atoms with Crippen molar-refractivity contribution in [1.29, 1.82) is 0 Å². The van der Waals surface area contributed by atoms with Crippen LogP contribution in [0.1, 0.15) is 10.4 Å². The number of nitrogens with two attached hydrogens (primary N) is 1. The van der Waals surface area contributed by atoms with Crippen LogP contribution in [0.15, 0.2) is 42.5 Å². The van der Waals surface area contributed by atoms with Gasteiger partial charge in [-0.15, -0.1) is 11.3 Å². The van der Waals surface area contributed by atoms with Crippen LogP contribution >= 0.6 is 11.3 Å². The quantitative estimate of drug-likeness (QED) is 0.826. The van der Waals surface area contributed by atoms with Crippen LogP contribution in [0.25, 0.3) is 16.5 Å². The molecule has 17 heavy (non-hydrogen) atoms. The van der Waals surface area contributed by atoms with E-state index in [1.54, 1.807) is 17.4 Å². The van der Waals surface area contributed by atoms with Gasteiger partial charge in [0.05, 0.1) is 0 Å². The zero-order chi connectivity index (χ0) is 12.3. The molecule has 0 bridgehead atoms. The molecule has 1 aromatic heterocycles. The van der Waals surface area contributed by atoms with Gasteiger partial charge in [-0.2, -0.15) is 0 Å². The van der Waals surface area contributed by atoms with Gasteiger partial charge in [0.1, 0.15) is 0 Å². The molecule has 0 spiro atoms. The van der Waals surface area contributed by atoms with Crippen LogP contribution < -0.4 is 5.73 Å². The molecule has 1 aromatic carbocycles. The maximum absolute atomic E-state index is 10.6. The highest BCUT2D eigenvalue weighted by atomic mass is 32.1. The fourth-order valence-electron chi connectivity index (χ4n) is 1.48. The van der Waals surface area contributed by atoms with Crippen molar-refractivity contribution in [3.05, 3.63) is 52.9 Å². The van der Waals surface area contributed by atoms with Crippen LogP contribution in [-0.4, -0.2) is 5.91 Å². The van der Waals surface area contributed by atoms with Crippen molar-refractivity contribution in [3.63, 3.8) is 0 Å². The van der Waals surface area contributed by atoms with Crippen molar-refractivity contribution < 1.29 is 4.79 Å². The van der Waals surface area contributed by atoms with Gasteiger partial charge >= 0.3 is 0 Å². The first-order valence-corrected chi connectivity index (χ1v) is 6.11. The smallest absolute Gasteiger partial charge is 0.241 e. The van der Waals surface area contributed by atoms with E-state index in [-0.39, 0.29) is 0 Å². The van der Waals surface area contributed by atoms with Gasteiger partial charge in [-0.25, -0.2) is 0 Å². The molecular weight excluding hydrogens is 230 g/mol. The minimum Gasteiger partial charge on any atom is -0.366 e. The van der Waals surface area contributed by atoms with Crippen LogP contribution in [0.2, 0.25) is 0 Å². The van der Waals surface area contributed by atoms with E-state index in [2.05, 4.69) is 37.3 Å². The lowest BCUT2D eigenvalue weighted by atomic mass is 10.1. The lowest BCUT2D eigenvalue weighted by molar-refractivity contribution is -0.113. The Balaban J connectivity index is 2.23. The number of carbonyl (C=O) groups excluding carboxylic acids is 1. The molecule has 0 saturated carbocycles. The summed E-state index contributed by atoms with van der Waals surface area (Å²) in [5, 5.41) is 0. The minimum absolute atomic E-state index is 0.421. The Morgan fingerprint density at radius 1 is 1.18 bits per heavy atom. The predicted octanol–water partition coefficient (Wildman–Crippen LogP) is 3.22. The molecule has 2 aromatic rings. The fraction of sp³-hybridized carbons (Fsp3) is 0.0714. The average molecular weight is 243 g/mol. The molecule has 2 nitrogen and oxygen atoms in total. The lowest BCUT2D eigenvalue weighted by Crippen LogP contribution is -2.04. The Kier molecular flexibility index (Phi) is 3.40. The number of rotatable bonds is 3. The van der Waals surface area contributed by atoms with E-state index in [0.717, 1.165) is 4.88 Å². The first kappa shape index (κ1) is 11.6. The number of carbonyl (C=O) groups is 1. The molecule has 1 amide bonds. The summed E-state index contributed by atoms with van der Waals surface area (Å²) < 4.78 is 0. The van der Waals surface area contributed by atoms with E-state index in [0.29, 0.717) is 0 Å². The third kappa shape index (κ3) is 3.04. The number of amides is 1. The van der Waals surface area contributed by atoms with Crippen LogP contribution in [0.4, 0.5) is 0 Å². The second-order valence-electron chi connectivity index (χ2n) is 3.80. The predicted molar refractivity (Wildman–Crippen MR) is 72.7 cm³/mol. The SMILES string of the molecule is Cc1ccc(-c2ccc(/C=C\C(N)=O)s2)cc1. The van der Waals surface area contributed by atoms with Gasteiger partial charge in [0.25, 0.3) is 0 Å². The van der Waals surface area contributed by atoms with Crippen LogP contribution in [0.5, 0.6) is 0 Å². The summed E-state index contributed by atoms with van der Waals surface area (Å²) in [5.74, 6) is -0.421. The van der Waals surface area contributed by atoms with Crippen molar-refractivity contribution in [2.24, 2.45) is 5.73 Å². The van der Waals surface area contributed by atoms with Gasteiger partial charge in [-0.05, 0) is 30.7 Å². The summed E-state index contributed by atoms with van der Waals surface area (Å²) >= 11 is 1.64. The Hall–Kier alpha value is -1.87. The fourth-order valence-corrected chi connectivity index (χ4v) is 2.40. The summed E-state index contributed by atoms with van der Waals surface area (Å²) in [5.41, 5.74) is 7.50. The average Bonchev–Trinajstić information content (AvgIpc) is 2.76. The first-order valence-electron chi connectivity index (χ1n) is 5.29. The standard InChI is InChI=1S/C14H13NOS/c1-10-2-4-11(5-3-10)13-8-6-12(17-13)7-9-14(15)16/h2-9H,1H3,(H2,15,16)/b9-7-. The molecule has 0 aliphatic heterocycles. The summed E-state index contributed by atoms with van der Waals surface area (Å²) in [4.78, 5) is 12.8. The molecule has 0 fully saturated rings. The molecule has 86 valence electrons. The molecule has 3 heteroatoms. The first-order chi connectivity index (χ1) is 8.15. The Morgan fingerprint density at radius 2 is 1.88 bits per heavy atom. The molecule has 2 rings (SSSR count). The minimum atomic E-state index is -0.421. The molecule has 0 aliphatic rings. The number of benzene rings is 1. The number of hydrogen-bond acceptors (Lipinski definition) is 2. The molecule has 0 aliphatic carbocycles. The maximum Gasteiger partial charge on any atom is 0.241 e. The third-order valence-electron chi connectivity index (χ3n) is 2.37. The molecule has 1 heterocycles.